The Morgan fingerprint density at radius 1 is 0.903 bits per heavy atom. The Morgan fingerprint density at radius 2 is 1.55 bits per heavy atom. The average molecular weight is 439 g/mol. The molecule has 0 unspecified atom stereocenters. The second kappa shape index (κ2) is 9.44. The highest BCUT2D eigenvalue weighted by atomic mass is 32.2. The maximum Gasteiger partial charge on any atom is 0.337 e. The minimum atomic E-state index is -3.75. The van der Waals surface area contributed by atoms with E-state index < -0.39 is 21.9 Å². The molecule has 3 aromatic rings. The fraction of sp³-hybridized carbons (Fsp3) is 0.130. The number of rotatable bonds is 7. The Morgan fingerprint density at radius 3 is 2.16 bits per heavy atom. The lowest BCUT2D eigenvalue weighted by Crippen LogP contribution is -2.30. The monoisotopic (exact) mass is 438 g/mol. The lowest BCUT2D eigenvalue weighted by Gasteiger charge is -2.23. The summed E-state index contributed by atoms with van der Waals surface area (Å²) >= 11 is 0. The highest BCUT2D eigenvalue weighted by Gasteiger charge is 2.23. The van der Waals surface area contributed by atoms with Crippen LogP contribution in [0.2, 0.25) is 0 Å². The fourth-order valence-corrected chi connectivity index (χ4v) is 4.51. The van der Waals surface area contributed by atoms with Crippen LogP contribution in [0.1, 0.15) is 27.6 Å². The van der Waals surface area contributed by atoms with Gasteiger partial charge in [0.15, 0.2) is 0 Å². The van der Waals surface area contributed by atoms with Crippen molar-refractivity contribution in [2.75, 3.05) is 23.3 Å². The van der Waals surface area contributed by atoms with Crippen LogP contribution in [0.15, 0.2) is 83.8 Å². The SMILES string of the molecule is CCN(c1ccccc1)S(=O)(=O)c1ccc(NC(=O)c2cccc(C(=O)OC)c2)cc1. The molecule has 31 heavy (non-hydrogen) atoms. The zero-order chi connectivity index (χ0) is 22.4. The van der Waals surface area contributed by atoms with Gasteiger partial charge < -0.3 is 10.1 Å². The maximum absolute atomic E-state index is 13.0. The van der Waals surface area contributed by atoms with Crippen LogP contribution >= 0.6 is 0 Å². The Hall–Kier alpha value is -3.65. The molecule has 0 aliphatic heterocycles. The smallest absolute Gasteiger partial charge is 0.337 e. The normalized spacial score (nSPS) is 10.9. The van der Waals surface area contributed by atoms with Gasteiger partial charge in [0.05, 0.1) is 23.3 Å². The zero-order valence-corrected chi connectivity index (χ0v) is 17.9. The molecule has 0 saturated heterocycles. The molecule has 0 radical (unpaired) electrons. The van der Waals surface area contributed by atoms with E-state index in [-0.39, 0.29) is 22.6 Å². The summed E-state index contributed by atoms with van der Waals surface area (Å²) in [5.41, 5.74) is 1.54. The molecule has 1 amide bonds. The van der Waals surface area contributed by atoms with Gasteiger partial charge in [-0.15, -0.1) is 0 Å². The molecule has 0 aliphatic carbocycles. The molecule has 8 heteroatoms. The van der Waals surface area contributed by atoms with Crippen molar-refractivity contribution in [2.24, 2.45) is 0 Å². The number of esters is 1. The lowest BCUT2D eigenvalue weighted by molar-refractivity contribution is 0.0600. The number of carbonyl (C=O) groups is 2. The third-order valence-corrected chi connectivity index (χ3v) is 6.49. The summed E-state index contributed by atoms with van der Waals surface area (Å²) < 4.78 is 32.1. The summed E-state index contributed by atoms with van der Waals surface area (Å²) in [7, 11) is -2.48. The number of sulfonamides is 1. The first-order chi connectivity index (χ1) is 14.9. The molecule has 0 fully saturated rings. The van der Waals surface area contributed by atoms with Gasteiger partial charge in [0.25, 0.3) is 15.9 Å². The third kappa shape index (κ3) is 4.92. The molecule has 160 valence electrons. The van der Waals surface area contributed by atoms with E-state index in [0.717, 1.165) is 0 Å². The topological polar surface area (TPSA) is 92.8 Å². The molecule has 3 aromatic carbocycles. The highest BCUT2D eigenvalue weighted by molar-refractivity contribution is 7.92. The standard InChI is InChI=1S/C23H22N2O5S/c1-3-25(20-10-5-4-6-11-20)31(28,29)21-14-12-19(13-15-21)24-22(26)17-8-7-9-18(16-17)23(27)30-2/h4-16H,3H2,1-2H3,(H,24,26). The molecule has 0 heterocycles. The Labute approximate surface area is 181 Å². The van der Waals surface area contributed by atoms with E-state index in [1.54, 1.807) is 49.4 Å². The molecular weight excluding hydrogens is 416 g/mol. The first-order valence-corrected chi connectivity index (χ1v) is 11.0. The molecule has 0 atom stereocenters. The van der Waals surface area contributed by atoms with Crippen LogP contribution in [0.5, 0.6) is 0 Å². The summed E-state index contributed by atoms with van der Waals surface area (Å²) in [5.74, 6) is -0.969. The van der Waals surface area contributed by atoms with Crippen molar-refractivity contribution in [1.29, 1.82) is 0 Å². The summed E-state index contributed by atoms with van der Waals surface area (Å²) in [6.45, 7) is 2.04. The number of anilines is 2. The van der Waals surface area contributed by atoms with Crippen LogP contribution in [0, 0.1) is 0 Å². The van der Waals surface area contributed by atoms with Crippen molar-refractivity contribution in [2.45, 2.75) is 11.8 Å². The van der Waals surface area contributed by atoms with Gasteiger partial charge in [-0.3, -0.25) is 9.10 Å². The summed E-state index contributed by atoms with van der Waals surface area (Å²) in [6, 6.07) is 20.9. The van der Waals surface area contributed by atoms with Crippen molar-refractivity contribution in [1.82, 2.24) is 0 Å². The lowest BCUT2D eigenvalue weighted by atomic mass is 10.1. The van der Waals surface area contributed by atoms with E-state index in [2.05, 4.69) is 10.1 Å². The second-order valence-corrected chi connectivity index (χ2v) is 8.42. The van der Waals surface area contributed by atoms with Crippen LogP contribution in [0.25, 0.3) is 0 Å². The first kappa shape index (κ1) is 22.0. The average Bonchev–Trinajstić information content (AvgIpc) is 2.80. The predicted octanol–water partition coefficient (Wildman–Crippen LogP) is 3.94. The summed E-state index contributed by atoms with van der Waals surface area (Å²) in [5, 5.41) is 2.70. The van der Waals surface area contributed by atoms with E-state index >= 15 is 0 Å². The Bertz CT molecular complexity index is 1180. The molecule has 3 rings (SSSR count). The molecule has 0 spiro atoms. The Balaban J connectivity index is 1.78. The number of methoxy groups -OCH3 is 1. The number of hydrogen-bond acceptors (Lipinski definition) is 5. The van der Waals surface area contributed by atoms with Crippen molar-refractivity contribution in [3.63, 3.8) is 0 Å². The summed E-state index contributed by atoms with van der Waals surface area (Å²) in [4.78, 5) is 24.3. The van der Waals surface area contributed by atoms with Gasteiger partial charge in [0.1, 0.15) is 0 Å². The largest absolute Gasteiger partial charge is 0.465 e. The van der Waals surface area contributed by atoms with Crippen molar-refractivity contribution in [3.05, 3.63) is 90.0 Å². The van der Waals surface area contributed by atoms with Crippen LogP contribution < -0.4 is 9.62 Å². The van der Waals surface area contributed by atoms with E-state index in [4.69, 9.17) is 0 Å². The number of carbonyl (C=O) groups excluding carboxylic acids is 2. The van der Waals surface area contributed by atoms with Crippen LogP contribution in [0.4, 0.5) is 11.4 Å². The number of nitrogens with one attached hydrogen (secondary N) is 1. The summed E-state index contributed by atoms with van der Waals surface area (Å²) in [6.07, 6.45) is 0. The predicted molar refractivity (Wildman–Crippen MR) is 119 cm³/mol. The van der Waals surface area contributed by atoms with Gasteiger partial charge in [0, 0.05) is 17.8 Å². The van der Waals surface area contributed by atoms with Gasteiger partial charge in [-0.05, 0) is 61.5 Å². The number of nitrogens with zero attached hydrogens (tertiary/aromatic N) is 1. The van der Waals surface area contributed by atoms with Crippen molar-refractivity contribution < 1.29 is 22.7 Å². The van der Waals surface area contributed by atoms with Crippen molar-refractivity contribution in [3.8, 4) is 0 Å². The maximum atomic E-state index is 13.0. The van der Waals surface area contributed by atoms with Gasteiger partial charge in [-0.25, -0.2) is 13.2 Å². The van der Waals surface area contributed by atoms with Gasteiger partial charge in [-0.2, -0.15) is 0 Å². The number of hydrogen-bond donors (Lipinski definition) is 1. The molecule has 0 aliphatic rings. The highest BCUT2D eigenvalue weighted by Crippen LogP contribution is 2.24. The molecule has 0 saturated carbocycles. The van der Waals surface area contributed by atoms with E-state index in [1.165, 1.54) is 41.7 Å². The van der Waals surface area contributed by atoms with Crippen molar-refractivity contribution >= 4 is 33.3 Å². The first-order valence-electron chi connectivity index (χ1n) is 9.54. The Kier molecular flexibility index (Phi) is 6.71. The fourth-order valence-electron chi connectivity index (χ4n) is 3.03. The van der Waals surface area contributed by atoms with E-state index in [9.17, 15) is 18.0 Å². The number of amides is 1. The quantitative estimate of drug-likeness (QED) is 0.564. The van der Waals surface area contributed by atoms with Gasteiger partial charge in [-0.1, -0.05) is 24.3 Å². The second-order valence-electron chi connectivity index (χ2n) is 6.56. The zero-order valence-electron chi connectivity index (χ0n) is 17.1. The van der Waals surface area contributed by atoms with E-state index in [1.807, 2.05) is 6.07 Å². The van der Waals surface area contributed by atoms with E-state index in [0.29, 0.717) is 11.4 Å². The molecular formula is C23H22N2O5S. The number of ether oxygens (including phenoxy) is 1. The molecule has 0 aromatic heterocycles. The molecule has 0 bridgehead atoms. The molecule has 7 nitrogen and oxygen atoms in total. The number of benzene rings is 3. The number of para-hydroxylation sites is 1. The molecule has 1 N–H and O–H groups in total. The van der Waals surface area contributed by atoms with Gasteiger partial charge in [0.2, 0.25) is 0 Å². The third-order valence-electron chi connectivity index (χ3n) is 4.58. The minimum Gasteiger partial charge on any atom is -0.465 e. The minimum absolute atomic E-state index is 0.115. The van der Waals surface area contributed by atoms with Gasteiger partial charge >= 0.3 is 5.97 Å². The van der Waals surface area contributed by atoms with Crippen LogP contribution in [-0.2, 0) is 14.8 Å². The van der Waals surface area contributed by atoms with Crippen LogP contribution in [0.3, 0.4) is 0 Å². The van der Waals surface area contributed by atoms with Crippen LogP contribution in [-0.4, -0.2) is 33.9 Å².